The molecule has 2 fully saturated rings. The van der Waals surface area contributed by atoms with E-state index in [1.54, 1.807) is 0 Å². The molecule has 0 aromatic heterocycles. The van der Waals surface area contributed by atoms with E-state index in [-0.39, 0.29) is 30.9 Å². The second-order valence-electron chi connectivity index (χ2n) is 3.20. The van der Waals surface area contributed by atoms with Gasteiger partial charge in [-0.25, -0.2) is 0 Å². The maximum atomic E-state index is 10.7. The number of hydrogen-bond donors (Lipinski definition) is 3. The molecule has 2 saturated heterocycles. The van der Waals surface area contributed by atoms with E-state index in [0.29, 0.717) is 6.04 Å². The summed E-state index contributed by atoms with van der Waals surface area (Å²) in [4.78, 5) is 10.7. The zero-order chi connectivity index (χ0) is 8.72. The molecule has 0 aromatic rings. The Morgan fingerprint density at radius 1 is 1.83 bits per heavy atom. The Morgan fingerprint density at radius 2 is 2.58 bits per heavy atom. The van der Waals surface area contributed by atoms with Crippen LogP contribution >= 0.6 is 0 Å². The molecule has 4 unspecified atom stereocenters. The highest BCUT2D eigenvalue weighted by molar-refractivity contribution is 5.73. The van der Waals surface area contributed by atoms with Crippen molar-refractivity contribution >= 4 is 5.91 Å². The van der Waals surface area contributed by atoms with E-state index in [1.165, 1.54) is 6.92 Å². The molecule has 0 aromatic carbocycles. The van der Waals surface area contributed by atoms with E-state index in [9.17, 15) is 4.79 Å². The molecule has 4 atom stereocenters. The number of aliphatic hydroxyl groups is 1. The Morgan fingerprint density at radius 3 is 2.92 bits per heavy atom. The van der Waals surface area contributed by atoms with Crippen LogP contribution in [0.1, 0.15) is 6.92 Å². The summed E-state index contributed by atoms with van der Waals surface area (Å²) in [6, 6.07) is 0.0766. The van der Waals surface area contributed by atoms with Crippen LogP contribution in [-0.4, -0.2) is 42.0 Å². The predicted octanol–water partition coefficient (Wildman–Crippen LogP) is -1.82. The standard InChI is InChI=1S/C7H12N2O3/c1-3(11)8-4(2-10)6-5-7(9-5)12-6/h4-7,9-10H,2H2,1H3,(H,8,11). The number of hydrogen-bond acceptors (Lipinski definition) is 4. The number of fused-ring (bicyclic) bond motifs is 1. The van der Waals surface area contributed by atoms with Crippen molar-refractivity contribution in [2.45, 2.75) is 31.3 Å². The molecule has 0 spiro atoms. The number of carbonyl (C=O) groups excluding carboxylic acids is 1. The molecule has 12 heavy (non-hydrogen) atoms. The van der Waals surface area contributed by atoms with E-state index in [2.05, 4.69) is 10.6 Å². The predicted molar refractivity (Wildman–Crippen MR) is 40.3 cm³/mol. The van der Waals surface area contributed by atoms with Gasteiger partial charge in [0, 0.05) is 6.92 Å². The van der Waals surface area contributed by atoms with E-state index in [1.807, 2.05) is 0 Å². The van der Waals surface area contributed by atoms with Crippen LogP contribution in [0.2, 0.25) is 0 Å². The lowest BCUT2D eigenvalue weighted by Crippen LogP contribution is -2.53. The maximum Gasteiger partial charge on any atom is 0.217 e. The summed E-state index contributed by atoms with van der Waals surface area (Å²) >= 11 is 0. The highest BCUT2D eigenvalue weighted by Crippen LogP contribution is 2.33. The average molecular weight is 172 g/mol. The van der Waals surface area contributed by atoms with Gasteiger partial charge in [-0.3, -0.25) is 10.1 Å². The van der Waals surface area contributed by atoms with Crippen LogP contribution in [0, 0.1) is 0 Å². The van der Waals surface area contributed by atoms with Crippen molar-refractivity contribution in [1.82, 2.24) is 10.6 Å². The summed E-state index contributed by atoms with van der Waals surface area (Å²) in [6.07, 6.45) is 0.127. The third-order valence-electron chi connectivity index (χ3n) is 2.21. The van der Waals surface area contributed by atoms with E-state index in [0.717, 1.165) is 0 Å². The van der Waals surface area contributed by atoms with Crippen molar-refractivity contribution in [3.63, 3.8) is 0 Å². The quantitative estimate of drug-likeness (QED) is 0.438. The van der Waals surface area contributed by atoms with Crippen LogP contribution in [0.5, 0.6) is 0 Å². The summed E-state index contributed by atoms with van der Waals surface area (Å²) in [6.45, 7) is 1.36. The Kier molecular flexibility index (Phi) is 1.79. The van der Waals surface area contributed by atoms with Crippen LogP contribution in [-0.2, 0) is 9.53 Å². The van der Waals surface area contributed by atoms with Crippen LogP contribution in [0.25, 0.3) is 0 Å². The van der Waals surface area contributed by atoms with Gasteiger partial charge in [0.2, 0.25) is 5.91 Å². The fraction of sp³-hybridized carbons (Fsp3) is 0.857. The minimum absolute atomic E-state index is 0.0519. The van der Waals surface area contributed by atoms with Gasteiger partial charge in [0.15, 0.2) is 0 Å². The summed E-state index contributed by atoms with van der Waals surface area (Å²) < 4.78 is 5.28. The third kappa shape index (κ3) is 1.20. The molecule has 2 rings (SSSR count). The Labute approximate surface area is 70.1 Å². The van der Waals surface area contributed by atoms with Gasteiger partial charge in [-0.1, -0.05) is 0 Å². The number of ether oxygens (including phenoxy) is 1. The molecule has 0 saturated carbocycles. The molecule has 2 heterocycles. The minimum Gasteiger partial charge on any atom is -0.394 e. The van der Waals surface area contributed by atoms with E-state index >= 15 is 0 Å². The second kappa shape index (κ2) is 2.69. The van der Waals surface area contributed by atoms with E-state index in [4.69, 9.17) is 9.84 Å². The molecule has 2 aliphatic rings. The fourth-order valence-electron chi connectivity index (χ4n) is 1.53. The molecule has 68 valence electrons. The topological polar surface area (TPSA) is 80.5 Å². The lowest BCUT2D eigenvalue weighted by Gasteiger charge is -2.30. The Hall–Kier alpha value is -0.650. The van der Waals surface area contributed by atoms with Crippen molar-refractivity contribution in [1.29, 1.82) is 0 Å². The first-order chi connectivity index (χ1) is 5.72. The molecular formula is C7H12N2O3. The summed E-state index contributed by atoms with van der Waals surface area (Å²) in [7, 11) is 0. The van der Waals surface area contributed by atoms with Crippen LogP contribution in [0.3, 0.4) is 0 Å². The molecule has 5 heteroatoms. The minimum atomic E-state index is -0.265. The van der Waals surface area contributed by atoms with Gasteiger partial charge in [-0.15, -0.1) is 0 Å². The van der Waals surface area contributed by atoms with Crippen molar-refractivity contribution < 1.29 is 14.6 Å². The van der Waals surface area contributed by atoms with E-state index < -0.39 is 0 Å². The van der Waals surface area contributed by atoms with Crippen molar-refractivity contribution in [2.24, 2.45) is 0 Å². The number of carbonyl (C=O) groups is 1. The lowest BCUT2D eigenvalue weighted by molar-refractivity contribution is -0.124. The Bertz CT molecular complexity index is 209. The largest absolute Gasteiger partial charge is 0.394 e. The molecule has 5 nitrogen and oxygen atoms in total. The monoisotopic (exact) mass is 172 g/mol. The smallest absolute Gasteiger partial charge is 0.217 e. The summed E-state index contributed by atoms with van der Waals surface area (Å²) in [5.41, 5.74) is 0. The fourth-order valence-corrected chi connectivity index (χ4v) is 1.53. The number of nitrogens with one attached hydrogen (secondary N) is 2. The summed E-state index contributed by atoms with van der Waals surface area (Å²) in [5, 5.41) is 14.6. The SMILES string of the molecule is CC(=O)NC(CO)C1OC2NC21. The first-order valence-electron chi connectivity index (χ1n) is 4.02. The number of amides is 1. The molecule has 1 amide bonds. The van der Waals surface area contributed by atoms with Crippen LogP contribution in [0.4, 0.5) is 0 Å². The highest BCUT2D eigenvalue weighted by atomic mass is 16.6. The zero-order valence-corrected chi connectivity index (χ0v) is 6.78. The molecule has 0 bridgehead atoms. The molecule has 0 aliphatic carbocycles. The molecule has 3 N–H and O–H groups in total. The van der Waals surface area contributed by atoms with Crippen molar-refractivity contribution in [3.8, 4) is 0 Å². The maximum absolute atomic E-state index is 10.7. The molecule has 0 radical (unpaired) electrons. The first kappa shape index (κ1) is 7.97. The molecular weight excluding hydrogens is 160 g/mol. The van der Waals surface area contributed by atoms with Gasteiger partial charge >= 0.3 is 0 Å². The first-order valence-corrected chi connectivity index (χ1v) is 4.02. The average Bonchev–Trinajstić information content (AvgIpc) is 2.59. The van der Waals surface area contributed by atoms with Gasteiger partial charge in [-0.05, 0) is 0 Å². The van der Waals surface area contributed by atoms with Gasteiger partial charge < -0.3 is 15.2 Å². The number of rotatable bonds is 3. The number of aliphatic hydroxyl groups excluding tert-OH is 1. The third-order valence-corrected chi connectivity index (χ3v) is 2.21. The highest BCUT2D eigenvalue weighted by Gasteiger charge is 2.58. The van der Waals surface area contributed by atoms with Crippen LogP contribution < -0.4 is 10.6 Å². The summed E-state index contributed by atoms with van der Waals surface area (Å²) in [5.74, 6) is -0.137. The van der Waals surface area contributed by atoms with Crippen molar-refractivity contribution in [2.75, 3.05) is 6.61 Å². The molecule has 2 aliphatic heterocycles. The lowest BCUT2D eigenvalue weighted by atomic mass is 10.0. The van der Waals surface area contributed by atoms with Gasteiger partial charge in [0.05, 0.1) is 18.7 Å². The Balaban J connectivity index is 1.85. The zero-order valence-electron chi connectivity index (χ0n) is 6.78. The normalized spacial score (nSPS) is 39.3. The van der Waals surface area contributed by atoms with Crippen molar-refractivity contribution in [3.05, 3.63) is 0 Å². The second-order valence-corrected chi connectivity index (χ2v) is 3.20. The van der Waals surface area contributed by atoms with Gasteiger partial charge in [-0.2, -0.15) is 0 Å². The van der Waals surface area contributed by atoms with Crippen LogP contribution in [0.15, 0.2) is 0 Å². The van der Waals surface area contributed by atoms with Gasteiger partial charge in [0.25, 0.3) is 0 Å². The van der Waals surface area contributed by atoms with Gasteiger partial charge in [0.1, 0.15) is 12.3 Å².